The van der Waals surface area contributed by atoms with Gasteiger partial charge in [0.2, 0.25) is 0 Å². The second-order valence-corrected chi connectivity index (χ2v) is 4.32. The predicted molar refractivity (Wildman–Crippen MR) is 74.5 cm³/mol. The molecule has 0 N–H and O–H groups in total. The summed E-state index contributed by atoms with van der Waals surface area (Å²) >= 11 is 6.18. The lowest BCUT2D eigenvalue weighted by Crippen LogP contribution is -1.98. The molecule has 2 aromatic rings. The van der Waals surface area contributed by atoms with E-state index >= 15 is 0 Å². The van der Waals surface area contributed by atoms with Gasteiger partial charge in [0.1, 0.15) is 10.9 Å². The van der Waals surface area contributed by atoms with Crippen LogP contribution in [0.5, 0.6) is 5.75 Å². The van der Waals surface area contributed by atoms with Gasteiger partial charge in [0.25, 0.3) is 0 Å². The quantitative estimate of drug-likeness (QED) is 0.788. The van der Waals surface area contributed by atoms with E-state index in [4.69, 9.17) is 16.3 Å². The maximum atomic E-state index is 11.0. The fraction of sp³-hybridized carbons (Fsp3) is 0.286. The third kappa shape index (κ3) is 2.63. The number of rotatable bonds is 5. The molecule has 19 heavy (non-hydrogen) atoms. The Kier molecular flexibility index (Phi) is 4.22. The number of ether oxygens (including phenoxy) is 1. The molecule has 0 atom stereocenters. The molecule has 5 heteroatoms. The number of aromatic nitrogens is 2. The van der Waals surface area contributed by atoms with Crippen molar-refractivity contribution >= 4 is 17.9 Å². The lowest BCUT2D eigenvalue weighted by atomic mass is 10.2. The van der Waals surface area contributed by atoms with Crippen molar-refractivity contribution in [1.29, 1.82) is 0 Å². The van der Waals surface area contributed by atoms with E-state index in [1.807, 2.05) is 38.1 Å². The van der Waals surface area contributed by atoms with Crippen molar-refractivity contribution in [3.05, 3.63) is 40.7 Å². The summed E-state index contributed by atoms with van der Waals surface area (Å²) in [5.74, 6) is 0.792. The summed E-state index contributed by atoms with van der Waals surface area (Å²) < 4.78 is 6.95. The van der Waals surface area contributed by atoms with Crippen molar-refractivity contribution in [2.45, 2.75) is 20.3 Å². The third-order valence-electron chi connectivity index (χ3n) is 2.78. The number of hydrogen-bond donors (Lipinski definition) is 0. The Morgan fingerprint density at radius 3 is 2.47 bits per heavy atom. The molecule has 1 aromatic heterocycles. The van der Waals surface area contributed by atoms with Gasteiger partial charge in [-0.1, -0.05) is 18.5 Å². The van der Waals surface area contributed by atoms with E-state index in [0.29, 0.717) is 29.4 Å². The number of nitrogens with zero attached hydrogens (tertiary/aromatic N) is 2. The van der Waals surface area contributed by atoms with Crippen LogP contribution in [-0.4, -0.2) is 22.7 Å². The maximum Gasteiger partial charge on any atom is 0.155 e. The van der Waals surface area contributed by atoms with Crippen molar-refractivity contribution in [3.8, 4) is 11.4 Å². The molecule has 0 saturated carbocycles. The lowest BCUT2D eigenvalue weighted by molar-refractivity contribution is 0.112. The van der Waals surface area contributed by atoms with Gasteiger partial charge in [-0.25, -0.2) is 4.68 Å². The Bertz CT molecular complexity index is 576. The molecular formula is C14H15ClN2O2. The molecule has 2 rings (SSSR count). The highest BCUT2D eigenvalue weighted by atomic mass is 35.5. The van der Waals surface area contributed by atoms with Crippen LogP contribution in [-0.2, 0) is 6.42 Å². The number of aldehydes is 1. The van der Waals surface area contributed by atoms with Crippen molar-refractivity contribution < 1.29 is 9.53 Å². The molecule has 0 bridgehead atoms. The second kappa shape index (κ2) is 5.89. The Morgan fingerprint density at radius 2 is 2.00 bits per heavy atom. The average molecular weight is 279 g/mol. The van der Waals surface area contributed by atoms with Crippen LogP contribution in [0.4, 0.5) is 0 Å². The van der Waals surface area contributed by atoms with Gasteiger partial charge in [-0.05, 0) is 37.6 Å². The van der Waals surface area contributed by atoms with E-state index in [1.165, 1.54) is 0 Å². The summed E-state index contributed by atoms with van der Waals surface area (Å²) in [6, 6.07) is 7.42. The second-order valence-electron chi connectivity index (χ2n) is 3.96. The van der Waals surface area contributed by atoms with E-state index in [-0.39, 0.29) is 0 Å². The lowest BCUT2D eigenvalue weighted by Gasteiger charge is -2.06. The maximum absolute atomic E-state index is 11.0. The molecule has 0 unspecified atom stereocenters. The van der Waals surface area contributed by atoms with Crippen molar-refractivity contribution in [2.75, 3.05) is 6.61 Å². The highest BCUT2D eigenvalue weighted by Gasteiger charge is 2.15. The molecule has 0 fully saturated rings. The Morgan fingerprint density at radius 1 is 1.32 bits per heavy atom. The largest absolute Gasteiger partial charge is 0.494 e. The summed E-state index contributed by atoms with van der Waals surface area (Å²) in [4.78, 5) is 11.0. The number of hydrogen-bond acceptors (Lipinski definition) is 3. The number of halogens is 1. The van der Waals surface area contributed by atoms with E-state index in [1.54, 1.807) is 4.68 Å². The summed E-state index contributed by atoms with van der Waals surface area (Å²) in [5.41, 5.74) is 1.96. The van der Waals surface area contributed by atoms with Gasteiger partial charge in [-0.15, -0.1) is 0 Å². The van der Waals surface area contributed by atoms with Gasteiger partial charge in [-0.3, -0.25) is 4.79 Å². The predicted octanol–water partition coefficient (Wildman–Crippen LogP) is 3.30. The Balaban J connectivity index is 2.41. The van der Waals surface area contributed by atoms with Crippen molar-refractivity contribution in [3.63, 3.8) is 0 Å². The van der Waals surface area contributed by atoms with Gasteiger partial charge in [0, 0.05) is 0 Å². The smallest absolute Gasteiger partial charge is 0.155 e. The van der Waals surface area contributed by atoms with Gasteiger partial charge < -0.3 is 4.74 Å². The minimum Gasteiger partial charge on any atom is -0.494 e. The summed E-state index contributed by atoms with van der Waals surface area (Å²) in [6.45, 7) is 4.49. The highest BCUT2D eigenvalue weighted by Crippen LogP contribution is 2.24. The van der Waals surface area contributed by atoms with Crippen LogP contribution < -0.4 is 4.74 Å². The molecule has 4 nitrogen and oxygen atoms in total. The first kappa shape index (κ1) is 13.6. The zero-order chi connectivity index (χ0) is 13.8. The number of carbonyl (C=O) groups is 1. The molecule has 0 aliphatic heterocycles. The van der Waals surface area contributed by atoms with Gasteiger partial charge in [-0.2, -0.15) is 5.10 Å². The van der Waals surface area contributed by atoms with Crippen LogP contribution in [0.15, 0.2) is 24.3 Å². The number of carbonyl (C=O) groups excluding carboxylic acids is 1. The van der Waals surface area contributed by atoms with E-state index in [9.17, 15) is 4.79 Å². The topological polar surface area (TPSA) is 44.1 Å². The van der Waals surface area contributed by atoms with Gasteiger partial charge in [0.15, 0.2) is 6.29 Å². The highest BCUT2D eigenvalue weighted by molar-refractivity contribution is 6.32. The average Bonchev–Trinajstić information content (AvgIpc) is 2.76. The molecular weight excluding hydrogens is 264 g/mol. The van der Waals surface area contributed by atoms with E-state index < -0.39 is 0 Å². The summed E-state index contributed by atoms with van der Waals surface area (Å²) in [6.07, 6.45) is 1.41. The summed E-state index contributed by atoms with van der Waals surface area (Å²) in [5, 5.41) is 4.70. The van der Waals surface area contributed by atoms with Crippen LogP contribution in [0.1, 0.15) is 29.9 Å². The Labute approximate surface area is 116 Å². The van der Waals surface area contributed by atoms with Gasteiger partial charge >= 0.3 is 0 Å². The SMILES string of the molecule is CCOc1ccc(-n2nc(CC)c(C=O)c2Cl)cc1. The van der Waals surface area contributed by atoms with Crippen LogP contribution in [0.25, 0.3) is 5.69 Å². The minimum atomic E-state index is 0.344. The van der Waals surface area contributed by atoms with Crippen molar-refractivity contribution in [2.24, 2.45) is 0 Å². The fourth-order valence-electron chi connectivity index (χ4n) is 1.85. The molecule has 100 valence electrons. The van der Waals surface area contributed by atoms with E-state index in [2.05, 4.69) is 5.10 Å². The standard InChI is InChI=1S/C14H15ClN2O2/c1-3-13-12(9-18)14(15)17(16-13)10-5-7-11(8-6-10)19-4-2/h5-9H,3-4H2,1-2H3. The zero-order valence-electron chi connectivity index (χ0n) is 10.9. The first-order valence-electron chi connectivity index (χ1n) is 6.17. The fourth-order valence-corrected chi connectivity index (χ4v) is 2.14. The molecule has 0 aliphatic rings. The Hall–Kier alpha value is -1.81. The number of benzene rings is 1. The molecule has 0 saturated heterocycles. The normalized spacial score (nSPS) is 10.5. The van der Waals surface area contributed by atoms with Crippen LogP contribution in [0.3, 0.4) is 0 Å². The molecule has 0 amide bonds. The molecule has 0 aliphatic carbocycles. The zero-order valence-corrected chi connectivity index (χ0v) is 11.6. The van der Waals surface area contributed by atoms with E-state index in [0.717, 1.165) is 17.7 Å². The van der Waals surface area contributed by atoms with Gasteiger partial charge in [0.05, 0.1) is 23.6 Å². The monoisotopic (exact) mass is 278 g/mol. The minimum absolute atomic E-state index is 0.344. The van der Waals surface area contributed by atoms with Crippen molar-refractivity contribution in [1.82, 2.24) is 9.78 Å². The third-order valence-corrected chi connectivity index (χ3v) is 3.15. The molecule has 0 radical (unpaired) electrons. The molecule has 0 spiro atoms. The number of aryl methyl sites for hydroxylation is 1. The first-order chi connectivity index (χ1) is 9.21. The summed E-state index contributed by atoms with van der Waals surface area (Å²) in [7, 11) is 0. The van der Waals surface area contributed by atoms with Crippen LogP contribution >= 0.6 is 11.6 Å². The van der Waals surface area contributed by atoms with Crippen LogP contribution in [0, 0.1) is 0 Å². The first-order valence-corrected chi connectivity index (χ1v) is 6.54. The van der Waals surface area contributed by atoms with Crippen LogP contribution in [0.2, 0.25) is 5.15 Å². The molecule has 1 aromatic carbocycles. The molecule has 1 heterocycles.